The van der Waals surface area contributed by atoms with Crippen LogP contribution in [0.4, 0.5) is 5.69 Å². The topological polar surface area (TPSA) is 72.2 Å². The van der Waals surface area contributed by atoms with E-state index in [1.54, 1.807) is 6.07 Å². The Bertz CT molecular complexity index is 427. The van der Waals surface area contributed by atoms with E-state index in [1.807, 2.05) is 0 Å². The average Bonchev–Trinajstić information content (AvgIpc) is 2.27. The van der Waals surface area contributed by atoms with Crippen molar-refractivity contribution in [1.82, 2.24) is 5.32 Å². The number of hydrogen-bond acceptors (Lipinski definition) is 3. The molecule has 1 aromatic carbocycles. The molecule has 0 spiro atoms. The van der Waals surface area contributed by atoms with Crippen molar-refractivity contribution >= 4 is 17.7 Å². The molecule has 1 rings (SSSR count). The summed E-state index contributed by atoms with van der Waals surface area (Å²) in [6.07, 6.45) is 1.46. The zero-order valence-corrected chi connectivity index (χ0v) is 8.19. The first kappa shape index (κ1) is 10.9. The van der Waals surface area contributed by atoms with Crippen LogP contribution in [0.25, 0.3) is 6.08 Å². The summed E-state index contributed by atoms with van der Waals surface area (Å²) in [6.45, 7) is 3.50. The third-order valence-corrected chi connectivity index (χ3v) is 1.88. The van der Waals surface area contributed by atoms with Gasteiger partial charge >= 0.3 is 0 Å². The van der Waals surface area contributed by atoms with Crippen molar-refractivity contribution in [2.24, 2.45) is 0 Å². The van der Waals surface area contributed by atoms with Crippen LogP contribution >= 0.6 is 0 Å². The van der Waals surface area contributed by atoms with Gasteiger partial charge in [-0.25, -0.2) is 0 Å². The lowest BCUT2D eigenvalue weighted by Gasteiger charge is -2.01. The smallest absolute Gasteiger partial charge is 0.270 e. The predicted octanol–water partition coefficient (Wildman–Crippen LogP) is 1.60. The SMILES string of the molecule is C=Cc1cc(C(=O)NC)cc([N+](=O)[O-])c1. The number of amides is 1. The number of nitrogens with one attached hydrogen (secondary N) is 1. The summed E-state index contributed by atoms with van der Waals surface area (Å²) in [5.41, 5.74) is 0.676. The molecule has 0 aliphatic heterocycles. The summed E-state index contributed by atoms with van der Waals surface area (Å²) in [6, 6.07) is 4.13. The monoisotopic (exact) mass is 206 g/mol. The van der Waals surface area contributed by atoms with Gasteiger partial charge in [0.25, 0.3) is 11.6 Å². The third-order valence-electron chi connectivity index (χ3n) is 1.88. The van der Waals surface area contributed by atoms with Crippen LogP contribution in [0.15, 0.2) is 24.8 Å². The second kappa shape index (κ2) is 4.36. The minimum absolute atomic E-state index is 0.119. The summed E-state index contributed by atoms with van der Waals surface area (Å²) < 4.78 is 0. The number of non-ortho nitro benzene ring substituents is 1. The lowest BCUT2D eigenvalue weighted by molar-refractivity contribution is -0.384. The van der Waals surface area contributed by atoms with Crippen LogP contribution < -0.4 is 5.32 Å². The molecule has 1 N–H and O–H groups in total. The Balaban J connectivity index is 3.28. The summed E-state index contributed by atoms with van der Waals surface area (Å²) >= 11 is 0. The first-order valence-electron chi connectivity index (χ1n) is 4.22. The van der Waals surface area contributed by atoms with E-state index in [-0.39, 0.29) is 17.2 Å². The van der Waals surface area contributed by atoms with Crippen LogP contribution in [0.3, 0.4) is 0 Å². The molecular weight excluding hydrogens is 196 g/mol. The Kier molecular flexibility index (Phi) is 3.17. The minimum Gasteiger partial charge on any atom is -0.355 e. The molecular formula is C10H10N2O3. The number of nitro groups is 1. The highest BCUT2D eigenvalue weighted by Gasteiger charge is 2.12. The maximum atomic E-state index is 11.3. The van der Waals surface area contributed by atoms with Gasteiger partial charge in [0.2, 0.25) is 0 Å². The van der Waals surface area contributed by atoms with Gasteiger partial charge in [0.05, 0.1) is 4.92 Å². The summed E-state index contributed by atoms with van der Waals surface area (Å²) in [5.74, 6) is -0.359. The van der Waals surface area contributed by atoms with E-state index in [0.717, 1.165) is 0 Å². The molecule has 0 aromatic heterocycles. The van der Waals surface area contributed by atoms with Gasteiger partial charge in [-0.2, -0.15) is 0 Å². The number of rotatable bonds is 3. The molecule has 1 aromatic rings. The third kappa shape index (κ3) is 2.40. The van der Waals surface area contributed by atoms with Gasteiger partial charge in [0.1, 0.15) is 0 Å². The molecule has 0 radical (unpaired) electrons. The van der Waals surface area contributed by atoms with Crippen molar-refractivity contribution in [3.8, 4) is 0 Å². The molecule has 5 nitrogen and oxygen atoms in total. The first-order chi connectivity index (χ1) is 7.08. The predicted molar refractivity (Wildman–Crippen MR) is 56.6 cm³/mol. The van der Waals surface area contributed by atoms with Gasteiger partial charge in [-0.15, -0.1) is 0 Å². The Morgan fingerprint density at radius 3 is 2.67 bits per heavy atom. The lowest BCUT2D eigenvalue weighted by Crippen LogP contribution is -2.17. The second-order valence-corrected chi connectivity index (χ2v) is 2.85. The molecule has 0 aliphatic carbocycles. The molecule has 78 valence electrons. The van der Waals surface area contributed by atoms with Gasteiger partial charge in [-0.3, -0.25) is 14.9 Å². The number of carbonyl (C=O) groups is 1. The molecule has 0 unspecified atom stereocenters. The Hall–Kier alpha value is -2.17. The summed E-state index contributed by atoms with van der Waals surface area (Å²) in [5, 5.41) is 13.0. The molecule has 1 amide bonds. The van der Waals surface area contributed by atoms with E-state index in [1.165, 1.54) is 25.3 Å². The van der Waals surface area contributed by atoms with E-state index >= 15 is 0 Å². The Morgan fingerprint density at radius 2 is 2.20 bits per heavy atom. The number of hydrogen-bond donors (Lipinski definition) is 1. The molecule has 15 heavy (non-hydrogen) atoms. The van der Waals surface area contributed by atoms with Crippen molar-refractivity contribution in [2.45, 2.75) is 0 Å². The molecule has 5 heteroatoms. The van der Waals surface area contributed by atoms with Crippen LogP contribution in [0.2, 0.25) is 0 Å². The first-order valence-corrected chi connectivity index (χ1v) is 4.22. The highest BCUT2D eigenvalue weighted by atomic mass is 16.6. The van der Waals surface area contributed by atoms with Crippen LogP contribution in [-0.4, -0.2) is 17.9 Å². The molecule has 0 fully saturated rings. The van der Waals surface area contributed by atoms with Gasteiger partial charge in [-0.05, 0) is 11.6 Å². The molecule has 0 saturated carbocycles. The highest BCUT2D eigenvalue weighted by Crippen LogP contribution is 2.17. The second-order valence-electron chi connectivity index (χ2n) is 2.85. The van der Waals surface area contributed by atoms with E-state index in [0.29, 0.717) is 5.56 Å². The molecule has 0 heterocycles. The maximum absolute atomic E-state index is 11.3. The van der Waals surface area contributed by atoms with Crippen molar-refractivity contribution in [3.63, 3.8) is 0 Å². The fourth-order valence-corrected chi connectivity index (χ4v) is 1.13. The van der Waals surface area contributed by atoms with Crippen molar-refractivity contribution in [3.05, 3.63) is 46.0 Å². The van der Waals surface area contributed by atoms with E-state index in [9.17, 15) is 14.9 Å². The molecule has 0 aliphatic rings. The molecule has 0 atom stereocenters. The standard InChI is InChI=1S/C10H10N2O3/c1-3-7-4-8(10(13)11-2)6-9(5-7)12(14)15/h3-6H,1H2,2H3,(H,11,13). The van der Waals surface area contributed by atoms with Gasteiger partial charge in [-0.1, -0.05) is 12.7 Å². The van der Waals surface area contributed by atoms with Crippen LogP contribution in [-0.2, 0) is 0 Å². The number of nitrogens with zero attached hydrogens (tertiary/aromatic N) is 1. The number of benzene rings is 1. The lowest BCUT2D eigenvalue weighted by atomic mass is 10.1. The zero-order chi connectivity index (χ0) is 11.4. The fourth-order valence-electron chi connectivity index (χ4n) is 1.13. The van der Waals surface area contributed by atoms with E-state index < -0.39 is 4.92 Å². The quantitative estimate of drug-likeness (QED) is 0.603. The summed E-state index contributed by atoms with van der Waals surface area (Å²) in [4.78, 5) is 21.3. The van der Waals surface area contributed by atoms with Crippen molar-refractivity contribution < 1.29 is 9.72 Å². The minimum atomic E-state index is -0.542. The highest BCUT2D eigenvalue weighted by molar-refractivity contribution is 5.95. The van der Waals surface area contributed by atoms with Crippen LogP contribution in [0, 0.1) is 10.1 Å². The molecule has 0 saturated heterocycles. The van der Waals surface area contributed by atoms with Crippen LogP contribution in [0.1, 0.15) is 15.9 Å². The Labute approximate surface area is 86.6 Å². The fraction of sp³-hybridized carbons (Fsp3) is 0.100. The summed E-state index contributed by atoms with van der Waals surface area (Å²) in [7, 11) is 1.47. The molecule has 0 bridgehead atoms. The average molecular weight is 206 g/mol. The normalized spacial score (nSPS) is 9.40. The number of carbonyl (C=O) groups excluding carboxylic acids is 1. The largest absolute Gasteiger partial charge is 0.355 e. The van der Waals surface area contributed by atoms with Gasteiger partial charge in [0, 0.05) is 24.7 Å². The number of nitro benzene ring substituents is 1. The van der Waals surface area contributed by atoms with E-state index in [4.69, 9.17) is 0 Å². The van der Waals surface area contributed by atoms with Crippen molar-refractivity contribution in [1.29, 1.82) is 0 Å². The van der Waals surface area contributed by atoms with Crippen LogP contribution in [0.5, 0.6) is 0 Å². The van der Waals surface area contributed by atoms with Crippen molar-refractivity contribution in [2.75, 3.05) is 7.05 Å². The van der Waals surface area contributed by atoms with E-state index in [2.05, 4.69) is 11.9 Å². The zero-order valence-electron chi connectivity index (χ0n) is 8.19. The Morgan fingerprint density at radius 1 is 1.53 bits per heavy atom. The van der Waals surface area contributed by atoms with Gasteiger partial charge < -0.3 is 5.32 Å². The maximum Gasteiger partial charge on any atom is 0.270 e. The van der Waals surface area contributed by atoms with Gasteiger partial charge in [0.15, 0.2) is 0 Å².